The first-order valence-corrected chi connectivity index (χ1v) is 6.28. The number of hydrogen-bond acceptors (Lipinski definition) is 1. The standard InChI is InChI=1S/C14H10BrFO/c15-9-10-1-3-11(4-2-10)14(17)12-5-7-13(16)8-6-12/h1-8H,9H2. The molecule has 86 valence electrons. The van der Waals surface area contributed by atoms with Crippen molar-refractivity contribution in [3.63, 3.8) is 0 Å². The van der Waals surface area contributed by atoms with E-state index in [4.69, 9.17) is 0 Å². The van der Waals surface area contributed by atoms with E-state index in [0.29, 0.717) is 11.1 Å². The minimum Gasteiger partial charge on any atom is -0.289 e. The topological polar surface area (TPSA) is 17.1 Å². The van der Waals surface area contributed by atoms with Crippen LogP contribution in [0.2, 0.25) is 0 Å². The fraction of sp³-hybridized carbons (Fsp3) is 0.0714. The van der Waals surface area contributed by atoms with E-state index in [1.807, 2.05) is 12.1 Å². The number of carbonyl (C=O) groups excluding carboxylic acids is 1. The average molecular weight is 293 g/mol. The van der Waals surface area contributed by atoms with Crippen molar-refractivity contribution in [1.29, 1.82) is 0 Å². The Balaban J connectivity index is 2.27. The van der Waals surface area contributed by atoms with Gasteiger partial charge in [-0.3, -0.25) is 4.79 Å². The molecule has 0 aromatic heterocycles. The highest BCUT2D eigenvalue weighted by Gasteiger charge is 2.08. The smallest absolute Gasteiger partial charge is 0.193 e. The molecule has 0 aliphatic rings. The van der Waals surface area contributed by atoms with Gasteiger partial charge in [-0.05, 0) is 29.8 Å². The Labute approximate surface area is 107 Å². The highest BCUT2D eigenvalue weighted by molar-refractivity contribution is 9.08. The first-order valence-electron chi connectivity index (χ1n) is 5.16. The Morgan fingerprint density at radius 1 is 0.941 bits per heavy atom. The third-order valence-corrected chi connectivity index (χ3v) is 3.12. The molecule has 0 N–H and O–H groups in total. The van der Waals surface area contributed by atoms with Crippen LogP contribution in [0.5, 0.6) is 0 Å². The number of ketones is 1. The predicted molar refractivity (Wildman–Crippen MR) is 68.9 cm³/mol. The highest BCUT2D eigenvalue weighted by atomic mass is 79.9. The molecule has 0 fully saturated rings. The molecule has 0 atom stereocenters. The summed E-state index contributed by atoms with van der Waals surface area (Å²) in [6.45, 7) is 0. The zero-order valence-electron chi connectivity index (χ0n) is 8.99. The Kier molecular flexibility index (Phi) is 3.69. The summed E-state index contributed by atoms with van der Waals surface area (Å²) in [5.74, 6) is -0.428. The molecule has 0 saturated heterocycles. The summed E-state index contributed by atoms with van der Waals surface area (Å²) >= 11 is 3.35. The molecule has 1 nitrogen and oxygen atoms in total. The lowest BCUT2D eigenvalue weighted by Crippen LogP contribution is -2.01. The molecule has 0 aliphatic heterocycles. The number of rotatable bonds is 3. The fourth-order valence-corrected chi connectivity index (χ4v) is 1.89. The van der Waals surface area contributed by atoms with Gasteiger partial charge in [0.2, 0.25) is 0 Å². The summed E-state index contributed by atoms with van der Waals surface area (Å²) in [5.41, 5.74) is 2.22. The summed E-state index contributed by atoms with van der Waals surface area (Å²) in [4.78, 5) is 12.0. The van der Waals surface area contributed by atoms with Gasteiger partial charge in [-0.1, -0.05) is 40.2 Å². The second-order valence-electron chi connectivity index (χ2n) is 3.67. The molecule has 0 heterocycles. The predicted octanol–water partition coefficient (Wildman–Crippen LogP) is 3.95. The molecule has 0 aliphatic carbocycles. The van der Waals surface area contributed by atoms with Gasteiger partial charge in [-0.25, -0.2) is 4.39 Å². The Morgan fingerprint density at radius 3 is 1.88 bits per heavy atom. The normalized spacial score (nSPS) is 10.2. The maximum atomic E-state index is 12.7. The van der Waals surface area contributed by atoms with Crippen LogP contribution in [-0.4, -0.2) is 5.78 Å². The summed E-state index contributed by atoms with van der Waals surface area (Å²) in [7, 11) is 0. The number of benzene rings is 2. The fourth-order valence-electron chi connectivity index (χ4n) is 1.51. The van der Waals surface area contributed by atoms with Crippen molar-refractivity contribution < 1.29 is 9.18 Å². The molecule has 2 rings (SSSR count). The van der Waals surface area contributed by atoms with Gasteiger partial charge >= 0.3 is 0 Å². The first kappa shape index (κ1) is 12.0. The zero-order chi connectivity index (χ0) is 12.3. The first-order chi connectivity index (χ1) is 8.20. The van der Waals surface area contributed by atoms with E-state index in [-0.39, 0.29) is 11.6 Å². The van der Waals surface area contributed by atoms with Gasteiger partial charge in [0.1, 0.15) is 5.82 Å². The number of halogens is 2. The number of alkyl halides is 1. The molecule has 0 radical (unpaired) electrons. The van der Waals surface area contributed by atoms with Gasteiger partial charge < -0.3 is 0 Å². The molecule has 2 aromatic rings. The van der Waals surface area contributed by atoms with Crippen LogP contribution in [0.1, 0.15) is 21.5 Å². The van der Waals surface area contributed by atoms with Crippen molar-refractivity contribution in [2.45, 2.75) is 5.33 Å². The second-order valence-corrected chi connectivity index (χ2v) is 4.23. The number of hydrogen-bond donors (Lipinski definition) is 0. The van der Waals surface area contributed by atoms with E-state index in [1.165, 1.54) is 24.3 Å². The quantitative estimate of drug-likeness (QED) is 0.618. The Bertz CT molecular complexity index is 517. The third kappa shape index (κ3) is 2.80. The van der Waals surface area contributed by atoms with Crippen LogP contribution in [0.3, 0.4) is 0 Å². The van der Waals surface area contributed by atoms with Crippen molar-refractivity contribution in [2.24, 2.45) is 0 Å². The maximum Gasteiger partial charge on any atom is 0.193 e. The number of carbonyl (C=O) groups is 1. The molecule has 0 saturated carbocycles. The van der Waals surface area contributed by atoms with Crippen LogP contribution in [0.15, 0.2) is 48.5 Å². The van der Waals surface area contributed by atoms with Crippen molar-refractivity contribution in [2.75, 3.05) is 0 Å². The lowest BCUT2D eigenvalue weighted by Gasteiger charge is -2.02. The van der Waals surface area contributed by atoms with Gasteiger partial charge in [-0.2, -0.15) is 0 Å². The van der Waals surface area contributed by atoms with Crippen LogP contribution < -0.4 is 0 Å². The molecular weight excluding hydrogens is 283 g/mol. The van der Waals surface area contributed by atoms with E-state index in [0.717, 1.165) is 10.9 Å². The van der Waals surface area contributed by atoms with Gasteiger partial charge in [0.25, 0.3) is 0 Å². The second kappa shape index (κ2) is 5.23. The van der Waals surface area contributed by atoms with Crippen LogP contribution in [0.25, 0.3) is 0 Å². The van der Waals surface area contributed by atoms with E-state index >= 15 is 0 Å². The van der Waals surface area contributed by atoms with Gasteiger partial charge in [0.15, 0.2) is 5.78 Å². The third-order valence-electron chi connectivity index (χ3n) is 2.48. The molecule has 3 heteroatoms. The molecule has 17 heavy (non-hydrogen) atoms. The minimum absolute atomic E-state index is 0.0916. The van der Waals surface area contributed by atoms with E-state index in [9.17, 15) is 9.18 Å². The highest BCUT2D eigenvalue weighted by Crippen LogP contribution is 2.13. The lowest BCUT2D eigenvalue weighted by atomic mass is 10.0. The van der Waals surface area contributed by atoms with E-state index < -0.39 is 0 Å². The van der Waals surface area contributed by atoms with E-state index in [1.54, 1.807) is 12.1 Å². The summed E-state index contributed by atoms with van der Waals surface area (Å²) in [5, 5.41) is 0.762. The Morgan fingerprint density at radius 2 is 1.41 bits per heavy atom. The minimum atomic E-state index is -0.337. The molecular formula is C14H10BrFO. The summed E-state index contributed by atoms with van der Waals surface area (Å²) in [6.07, 6.45) is 0. The molecule has 0 unspecified atom stereocenters. The zero-order valence-corrected chi connectivity index (χ0v) is 10.6. The Hall–Kier alpha value is -1.48. The monoisotopic (exact) mass is 292 g/mol. The molecule has 2 aromatic carbocycles. The van der Waals surface area contributed by atoms with Crippen molar-refractivity contribution in [3.05, 3.63) is 71.0 Å². The largest absolute Gasteiger partial charge is 0.289 e. The van der Waals surface area contributed by atoms with Crippen molar-refractivity contribution in [3.8, 4) is 0 Å². The SMILES string of the molecule is O=C(c1ccc(F)cc1)c1ccc(CBr)cc1. The average Bonchev–Trinajstić information content (AvgIpc) is 2.39. The van der Waals surface area contributed by atoms with Gasteiger partial charge in [0.05, 0.1) is 0 Å². The summed E-state index contributed by atoms with van der Waals surface area (Å²) < 4.78 is 12.7. The van der Waals surface area contributed by atoms with Crippen molar-refractivity contribution >= 4 is 21.7 Å². The van der Waals surface area contributed by atoms with Gasteiger partial charge in [-0.15, -0.1) is 0 Å². The van der Waals surface area contributed by atoms with Crippen LogP contribution in [0, 0.1) is 5.82 Å². The van der Waals surface area contributed by atoms with Crippen LogP contribution in [0.4, 0.5) is 4.39 Å². The summed E-state index contributed by atoms with van der Waals surface area (Å²) in [6, 6.07) is 12.9. The van der Waals surface area contributed by atoms with Gasteiger partial charge in [0, 0.05) is 16.5 Å². The molecule has 0 amide bonds. The molecule has 0 spiro atoms. The van der Waals surface area contributed by atoms with Crippen LogP contribution >= 0.6 is 15.9 Å². The van der Waals surface area contributed by atoms with E-state index in [2.05, 4.69) is 15.9 Å². The lowest BCUT2D eigenvalue weighted by molar-refractivity contribution is 0.103. The maximum absolute atomic E-state index is 12.7. The van der Waals surface area contributed by atoms with Crippen molar-refractivity contribution in [1.82, 2.24) is 0 Å². The molecule has 0 bridgehead atoms. The van der Waals surface area contributed by atoms with Crippen LogP contribution in [-0.2, 0) is 5.33 Å².